The molecule has 3 heteroatoms. The molecule has 0 aromatic heterocycles. The Labute approximate surface area is 128 Å². The van der Waals surface area contributed by atoms with Gasteiger partial charge in [0.2, 0.25) is 0 Å². The Hall–Kier alpha value is -1.16. The molecule has 21 heavy (non-hydrogen) atoms. The lowest BCUT2D eigenvalue weighted by Crippen LogP contribution is -2.44. The van der Waals surface area contributed by atoms with E-state index in [2.05, 4.69) is 53.1 Å². The molecule has 3 nitrogen and oxygen atoms in total. The van der Waals surface area contributed by atoms with Crippen LogP contribution in [0.3, 0.4) is 0 Å². The quantitative estimate of drug-likeness (QED) is 0.846. The third kappa shape index (κ3) is 4.16. The van der Waals surface area contributed by atoms with Crippen LogP contribution < -0.4 is 0 Å². The van der Waals surface area contributed by atoms with Crippen molar-refractivity contribution in [2.75, 3.05) is 45.9 Å². The Morgan fingerprint density at radius 3 is 2.71 bits per heavy atom. The molecule has 2 aliphatic heterocycles. The molecule has 2 fully saturated rings. The lowest BCUT2D eigenvalue weighted by atomic mass is 10.1. The van der Waals surface area contributed by atoms with E-state index < -0.39 is 0 Å². The van der Waals surface area contributed by atoms with Crippen LogP contribution in [0.4, 0.5) is 0 Å². The Morgan fingerprint density at radius 1 is 1.19 bits per heavy atom. The Bertz CT molecular complexity index is 465. The minimum absolute atomic E-state index is 0.735. The van der Waals surface area contributed by atoms with E-state index in [0.29, 0.717) is 0 Å². The van der Waals surface area contributed by atoms with Crippen molar-refractivity contribution in [3.63, 3.8) is 0 Å². The average molecular weight is 286 g/mol. The van der Waals surface area contributed by atoms with Gasteiger partial charge in [-0.05, 0) is 18.9 Å². The van der Waals surface area contributed by atoms with E-state index in [1.165, 1.54) is 30.6 Å². The molecule has 114 valence electrons. The molecule has 2 aliphatic rings. The molecule has 0 aliphatic carbocycles. The minimum atomic E-state index is 0.735. The molecule has 1 aromatic rings. The van der Waals surface area contributed by atoms with Crippen molar-refractivity contribution in [1.29, 1.82) is 0 Å². The normalized spacial score (nSPS) is 25.4. The second-order valence-corrected chi connectivity index (χ2v) is 6.23. The number of benzene rings is 1. The van der Waals surface area contributed by atoms with Crippen molar-refractivity contribution in [2.24, 2.45) is 0 Å². The van der Waals surface area contributed by atoms with Gasteiger partial charge < -0.3 is 4.74 Å². The molecular formula is C18H26N2O. The molecule has 0 radical (unpaired) electrons. The summed E-state index contributed by atoms with van der Waals surface area (Å²) in [5, 5.41) is 0. The summed E-state index contributed by atoms with van der Waals surface area (Å²) in [6, 6.07) is 11.3. The summed E-state index contributed by atoms with van der Waals surface area (Å²) >= 11 is 0. The van der Waals surface area contributed by atoms with Crippen molar-refractivity contribution in [3.05, 3.63) is 41.5 Å². The molecule has 2 heterocycles. The predicted octanol–water partition coefficient (Wildman–Crippen LogP) is 2.50. The lowest BCUT2D eigenvalue weighted by molar-refractivity contribution is 0.0187. The third-order valence-corrected chi connectivity index (χ3v) is 4.50. The molecule has 1 atom stereocenters. The zero-order chi connectivity index (χ0) is 14.5. The second kappa shape index (κ2) is 7.21. The van der Waals surface area contributed by atoms with Gasteiger partial charge in [0, 0.05) is 38.8 Å². The van der Waals surface area contributed by atoms with Crippen LogP contribution >= 0.6 is 0 Å². The zero-order valence-electron chi connectivity index (χ0n) is 13.0. The highest BCUT2D eigenvalue weighted by Crippen LogP contribution is 2.18. The van der Waals surface area contributed by atoms with Gasteiger partial charge in [-0.2, -0.15) is 0 Å². The van der Waals surface area contributed by atoms with E-state index in [4.69, 9.17) is 4.74 Å². The van der Waals surface area contributed by atoms with Crippen LogP contribution in [0.2, 0.25) is 0 Å². The van der Waals surface area contributed by atoms with Crippen LogP contribution in [0.5, 0.6) is 0 Å². The van der Waals surface area contributed by atoms with Crippen molar-refractivity contribution < 1.29 is 4.74 Å². The van der Waals surface area contributed by atoms with E-state index in [-0.39, 0.29) is 0 Å². The highest BCUT2D eigenvalue weighted by molar-refractivity contribution is 5.52. The van der Waals surface area contributed by atoms with Crippen LogP contribution in [-0.2, 0) is 4.74 Å². The van der Waals surface area contributed by atoms with Gasteiger partial charge in [0.05, 0.1) is 13.2 Å². The molecule has 0 spiro atoms. The predicted molar refractivity (Wildman–Crippen MR) is 87.3 cm³/mol. The van der Waals surface area contributed by atoms with Gasteiger partial charge in [-0.15, -0.1) is 0 Å². The molecule has 0 saturated carbocycles. The molecule has 0 bridgehead atoms. The molecular weight excluding hydrogens is 260 g/mol. The first-order valence-corrected chi connectivity index (χ1v) is 8.07. The smallest absolute Gasteiger partial charge is 0.0594 e. The van der Waals surface area contributed by atoms with Gasteiger partial charge in [0.1, 0.15) is 0 Å². The maximum atomic E-state index is 5.45. The highest BCUT2D eigenvalue weighted by Gasteiger charge is 2.28. The van der Waals surface area contributed by atoms with Crippen LogP contribution in [-0.4, -0.2) is 61.8 Å². The second-order valence-electron chi connectivity index (χ2n) is 6.23. The lowest BCUT2D eigenvalue weighted by Gasteiger charge is -2.32. The standard InChI is InChI=1S/C18H26N2O/c1-16(13-17-5-3-2-4-6-17)14-19-8-7-18(15-19)20-9-11-21-12-10-20/h2-6,13,18H,7-12,14-15H2,1H3. The Morgan fingerprint density at radius 2 is 1.95 bits per heavy atom. The van der Waals surface area contributed by atoms with Crippen LogP contribution in [0.1, 0.15) is 18.9 Å². The fourth-order valence-corrected chi connectivity index (χ4v) is 3.43. The SMILES string of the molecule is CC(=Cc1ccccc1)CN1CCC(N2CCOCC2)C1. The summed E-state index contributed by atoms with van der Waals surface area (Å²) in [5.41, 5.74) is 2.75. The van der Waals surface area contributed by atoms with Crippen molar-refractivity contribution in [2.45, 2.75) is 19.4 Å². The zero-order valence-corrected chi connectivity index (χ0v) is 13.0. The van der Waals surface area contributed by atoms with Crippen LogP contribution in [0, 0.1) is 0 Å². The summed E-state index contributed by atoms with van der Waals surface area (Å²) in [6.07, 6.45) is 3.61. The molecule has 1 unspecified atom stereocenters. The summed E-state index contributed by atoms with van der Waals surface area (Å²) in [7, 11) is 0. The first-order valence-electron chi connectivity index (χ1n) is 8.07. The first-order chi connectivity index (χ1) is 10.3. The molecule has 3 rings (SSSR count). The number of hydrogen-bond acceptors (Lipinski definition) is 3. The number of likely N-dealkylation sites (tertiary alicyclic amines) is 1. The number of ether oxygens (including phenoxy) is 1. The number of hydrogen-bond donors (Lipinski definition) is 0. The van der Waals surface area contributed by atoms with Crippen molar-refractivity contribution in [3.8, 4) is 0 Å². The van der Waals surface area contributed by atoms with E-state index in [1.54, 1.807) is 0 Å². The maximum absolute atomic E-state index is 5.45. The van der Waals surface area contributed by atoms with E-state index >= 15 is 0 Å². The van der Waals surface area contributed by atoms with Crippen LogP contribution in [0.15, 0.2) is 35.9 Å². The van der Waals surface area contributed by atoms with Gasteiger partial charge in [-0.3, -0.25) is 9.80 Å². The monoisotopic (exact) mass is 286 g/mol. The molecule has 2 saturated heterocycles. The Kier molecular flexibility index (Phi) is 5.07. The summed E-state index contributed by atoms with van der Waals surface area (Å²) in [5.74, 6) is 0. The summed E-state index contributed by atoms with van der Waals surface area (Å²) in [4.78, 5) is 5.20. The first kappa shape index (κ1) is 14.8. The van der Waals surface area contributed by atoms with Gasteiger partial charge in [0.25, 0.3) is 0 Å². The fourth-order valence-electron chi connectivity index (χ4n) is 3.43. The number of rotatable bonds is 4. The van der Waals surface area contributed by atoms with Gasteiger partial charge in [-0.25, -0.2) is 0 Å². The highest BCUT2D eigenvalue weighted by atomic mass is 16.5. The Balaban J connectivity index is 1.51. The summed E-state index contributed by atoms with van der Waals surface area (Å²) in [6.45, 7) is 9.80. The minimum Gasteiger partial charge on any atom is -0.379 e. The summed E-state index contributed by atoms with van der Waals surface area (Å²) < 4.78 is 5.45. The number of morpholine rings is 1. The largest absolute Gasteiger partial charge is 0.379 e. The van der Waals surface area contributed by atoms with E-state index in [0.717, 1.165) is 38.9 Å². The molecule has 1 aromatic carbocycles. The maximum Gasteiger partial charge on any atom is 0.0594 e. The van der Waals surface area contributed by atoms with Gasteiger partial charge in [-0.1, -0.05) is 42.0 Å². The number of nitrogens with zero attached hydrogens (tertiary/aromatic N) is 2. The topological polar surface area (TPSA) is 15.7 Å². The third-order valence-electron chi connectivity index (χ3n) is 4.50. The van der Waals surface area contributed by atoms with E-state index in [1.807, 2.05) is 0 Å². The average Bonchev–Trinajstić information content (AvgIpc) is 2.97. The fraction of sp³-hybridized carbons (Fsp3) is 0.556. The van der Waals surface area contributed by atoms with Crippen LogP contribution in [0.25, 0.3) is 6.08 Å². The van der Waals surface area contributed by atoms with Crippen molar-refractivity contribution >= 4 is 6.08 Å². The van der Waals surface area contributed by atoms with Gasteiger partial charge >= 0.3 is 0 Å². The van der Waals surface area contributed by atoms with E-state index in [9.17, 15) is 0 Å². The van der Waals surface area contributed by atoms with Crippen molar-refractivity contribution in [1.82, 2.24) is 9.80 Å². The molecule has 0 amide bonds. The van der Waals surface area contributed by atoms with Gasteiger partial charge in [0.15, 0.2) is 0 Å². The molecule has 0 N–H and O–H groups in total.